The van der Waals surface area contributed by atoms with E-state index in [-0.39, 0.29) is 17.9 Å². The van der Waals surface area contributed by atoms with Crippen LogP contribution >= 0.6 is 0 Å². The fourth-order valence-electron chi connectivity index (χ4n) is 3.80. The van der Waals surface area contributed by atoms with Crippen molar-refractivity contribution in [1.29, 1.82) is 0 Å². The highest BCUT2D eigenvalue weighted by atomic mass is 16.5. The van der Waals surface area contributed by atoms with E-state index in [0.717, 1.165) is 76.7 Å². The molecule has 1 aliphatic rings. The summed E-state index contributed by atoms with van der Waals surface area (Å²) < 4.78 is 5.78. The zero-order chi connectivity index (χ0) is 23.3. The number of nitrogens with one attached hydrogen (secondary N) is 2. The molecule has 1 unspecified atom stereocenters. The first-order valence-corrected chi connectivity index (χ1v) is 12.2. The SMILES string of the molecule is CCNC(=NCCCCN1CCC(C(N)=O)CC1)NC(C)c1ccc(OCC(C)C)cc1. The quantitative estimate of drug-likeness (QED) is 0.261. The fraction of sp³-hybridized carbons (Fsp3) is 0.680. The van der Waals surface area contributed by atoms with Crippen molar-refractivity contribution in [2.75, 3.05) is 39.3 Å². The van der Waals surface area contributed by atoms with E-state index in [0.29, 0.717) is 5.92 Å². The lowest BCUT2D eigenvalue weighted by molar-refractivity contribution is -0.123. The van der Waals surface area contributed by atoms with E-state index in [2.05, 4.69) is 55.4 Å². The topological polar surface area (TPSA) is 92.0 Å². The van der Waals surface area contributed by atoms with Gasteiger partial charge < -0.3 is 26.0 Å². The second-order valence-electron chi connectivity index (χ2n) is 9.13. The number of piperidine rings is 1. The molecule has 32 heavy (non-hydrogen) atoms. The first-order chi connectivity index (χ1) is 15.4. The van der Waals surface area contributed by atoms with Gasteiger partial charge >= 0.3 is 0 Å². The molecule has 0 radical (unpaired) electrons. The number of guanidine groups is 1. The van der Waals surface area contributed by atoms with E-state index in [9.17, 15) is 4.79 Å². The Balaban J connectivity index is 1.73. The summed E-state index contributed by atoms with van der Waals surface area (Å²) in [7, 11) is 0. The van der Waals surface area contributed by atoms with Gasteiger partial charge in [0.1, 0.15) is 5.75 Å². The number of amides is 1. The van der Waals surface area contributed by atoms with Crippen molar-refractivity contribution in [3.63, 3.8) is 0 Å². The maximum atomic E-state index is 11.3. The van der Waals surface area contributed by atoms with Gasteiger partial charge in [-0.1, -0.05) is 26.0 Å². The van der Waals surface area contributed by atoms with Crippen molar-refractivity contribution in [1.82, 2.24) is 15.5 Å². The van der Waals surface area contributed by atoms with Crippen LogP contribution in [0.5, 0.6) is 5.75 Å². The third-order valence-electron chi connectivity index (χ3n) is 5.80. The third-order valence-corrected chi connectivity index (χ3v) is 5.80. The predicted octanol–water partition coefficient (Wildman–Crippen LogP) is 3.32. The largest absolute Gasteiger partial charge is 0.493 e. The van der Waals surface area contributed by atoms with Crippen molar-refractivity contribution in [2.24, 2.45) is 22.6 Å². The first kappa shape index (κ1) is 26.0. The summed E-state index contributed by atoms with van der Waals surface area (Å²) in [5.74, 6) is 2.20. The normalized spacial score (nSPS) is 16.7. The average molecular weight is 446 g/mol. The molecule has 1 amide bonds. The van der Waals surface area contributed by atoms with Crippen LogP contribution in [0.4, 0.5) is 0 Å². The van der Waals surface area contributed by atoms with E-state index in [1.807, 2.05) is 12.1 Å². The lowest BCUT2D eigenvalue weighted by Crippen LogP contribution is -2.39. The highest BCUT2D eigenvalue weighted by molar-refractivity contribution is 5.80. The number of hydrogen-bond acceptors (Lipinski definition) is 4. The summed E-state index contributed by atoms with van der Waals surface area (Å²) in [5, 5.41) is 6.85. The molecule has 1 aromatic rings. The van der Waals surface area contributed by atoms with Gasteiger partial charge in [0.15, 0.2) is 5.96 Å². The van der Waals surface area contributed by atoms with E-state index >= 15 is 0 Å². The summed E-state index contributed by atoms with van der Waals surface area (Å²) in [5.41, 5.74) is 6.62. The number of unbranched alkanes of at least 4 members (excludes halogenated alkanes) is 1. The van der Waals surface area contributed by atoms with Crippen molar-refractivity contribution < 1.29 is 9.53 Å². The van der Waals surface area contributed by atoms with Crippen LogP contribution in [0.3, 0.4) is 0 Å². The summed E-state index contributed by atoms with van der Waals surface area (Å²) in [6.07, 6.45) is 3.94. The minimum absolute atomic E-state index is 0.0651. The van der Waals surface area contributed by atoms with E-state index < -0.39 is 0 Å². The average Bonchev–Trinajstić information content (AvgIpc) is 2.78. The Morgan fingerprint density at radius 2 is 1.88 bits per heavy atom. The maximum Gasteiger partial charge on any atom is 0.220 e. The van der Waals surface area contributed by atoms with Gasteiger partial charge in [-0.15, -0.1) is 0 Å². The molecule has 0 saturated carbocycles. The number of rotatable bonds is 12. The summed E-state index contributed by atoms with van der Waals surface area (Å²) in [6, 6.07) is 8.44. The fourth-order valence-corrected chi connectivity index (χ4v) is 3.80. The monoisotopic (exact) mass is 445 g/mol. The molecule has 2 rings (SSSR count). The smallest absolute Gasteiger partial charge is 0.220 e. The minimum atomic E-state index is -0.146. The molecule has 7 heteroatoms. The Morgan fingerprint density at radius 1 is 1.19 bits per heavy atom. The molecule has 1 aliphatic heterocycles. The Morgan fingerprint density at radius 3 is 2.47 bits per heavy atom. The number of carbonyl (C=O) groups is 1. The van der Waals surface area contributed by atoms with Crippen molar-refractivity contribution in [3.8, 4) is 5.75 Å². The molecule has 180 valence electrons. The molecule has 0 aromatic heterocycles. The van der Waals surface area contributed by atoms with Crippen molar-refractivity contribution in [3.05, 3.63) is 29.8 Å². The van der Waals surface area contributed by atoms with Crippen LogP contribution in [0.2, 0.25) is 0 Å². The Labute approximate surface area is 194 Å². The number of nitrogens with two attached hydrogens (primary N) is 1. The number of primary amides is 1. The van der Waals surface area contributed by atoms with Gasteiger partial charge in [-0.2, -0.15) is 0 Å². The first-order valence-electron chi connectivity index (χ1n) is 12.2. The standard InChI is InChI=1S/C25H43N5O2/c1-5-27-25(28-14-6-7-15-30-16-12-22(13-17-30)24(26)31)29-20(4)21-8-10-23(11-9-21)32-18-19(2)3/h8-11,19-20,22H,5-7,12-18H2,1-4H3,(H2,26,31)(H2,27,28,29). The van der Waals surface area contributed by atoms with E-state index in [1.54, 1.807) is 0 Å². The van der Waals surface area contributed by atoms with E-state index in [4.69, 9.17) is 15.5 Å². The number of hydrogen-bond donors (Lipinski definition) is 3. The van der Waals surface area contributed by atoms with Gasteiger partial charge in [0.2, 0.25) is 5.91 Å². The molecule has 0 spiro atoms. The Hall–Kier alpha value is -2.28. The van der Waals surface area contributed by atoms with Crippen LogP contribution in [0.1, 0.15) is 65.0 Å². The van der Waals surface area contributed by atoms with Crippen LogP contribution in [0.25, 0.3) is 0 Å². The van der Waals surface area contributed by atoms with Crippen LogP contribution in [-0.4, -0.2) is 56.1 Å². The lowest BCUT2D eigenvalue weighted by Gasteiger charge is -2.30. The van der Waals surface area contributed by atoms with Gasteiger partial charge in [0, 0.05) is 19.0 Å². The van der Waals surface area contributed by atoms with E-state index in [1.165, 1.54) is 5.56 Å². The Bertz CT molecular complexity index is 697. The van der Waals surface area contributed by atoms with Crippen LogP contribution in [0.15, 0.2) is 29.3 Å². The van der Waals surface area contributed by atoms with Crippen LogP contribution < -0.4 is 21.1 Å². The molecule has 1 aromatic carbocycles. The Kier molecular flexibility index (Phi) is 11.4. The summed E-state index contributed by atoms with van der Waals surface area (Å²) in [4.78, 5) is 18.5. The summed E-state index contributed by atoms with van der Waals surface area (Å²) in [6.45, 7) is 13.9. The third kappa shape index (κ3) is 9.47. The molecule has 0 bridgehead atoms. The highest BCUT2D eigenvalue weighted by Crippen LogP contribution is 2.19. The number of ether oxygens (including phenoxy) is 1. The number of carbonyl (C=O) groups excluding carboxylic acids is 1. The molecular weight excluding hydrogens is 402 g/mol. The second-order valence-corrected chi connectivity index (χ2v) is 9.13. The second kappa shape index (κ2) is 14.0. The molecule has 1 heterocycles. The zero-order valence-electron chi connectivity index (χ0n) is 20.4. The van der Waals surface area contributed by atoms with Gasteiger partial charge in [0.05, 0.1) is 12.6 Å². The molecule has 7 nitrogen and oxygen atoms in total. The van der Waals surface area contributed by atoms with Crippen molar-refractivity contribution >= 4 is 11.9 Å². The lowest BCUT2D eigenvalue weighted by atomic mass is 9.96. The summed E-state index contributed by atoms with van der Waals surface area (Å²) >= 11 is 0. The molecule has 1 saturated heterocycles. The number of aliphatic imine (C=N–C) groups is 1. The zero-order valence-corrected chi connectivity index (χ0v) is 20.4. The number of benzene rings is 1. The maximum absolute atomic E-state index is 11.3. The molecule has 1 atom stereocenters. The van der Waals surface area contributed by atoms with Gasteiger partial charge in [0.25, 0.3) is 0 Å². The van der Waals surface area contributed by atoms with Gasteiger partial charge in [-0.05, 0) is 82.8 Å². The molecule has 4 N–H and O–H groups in total. The molecule has 1 fully saturated rings. The van der Waals surface area contributed by atoms with Crippen LogP contribution in [-0.2, 0) is 4.79 Å². The van der Waals surface area contributed by atoms with Gasteiger partial charge in [-0.3, -0.25) is 9.79 Å². The number of nitrogens with zero attached hydrogens (tertiary/aromatic N) is 2. The molecular formula is C25H43N5O2. The van der Waals surface area contributed by atoms with Crippen LogP contribution in [0, 0.1) is 11.8 Å². The predicted molar refractivity (Wildman–Crippen MR) is 132 cm³/mol. The minimum Gasteiger partial charge on any atom is -0.493 e. The highest BCUT2D eigenvalue weighted by Gasteiger charge is 2.22. The van der Waals surface area contributed by atoms with Gasteiger partial charge in [-0.25, -0.2) is 0 Å². The number of likely N-dealkylation sites (tertiary alicyclic amines) is 1. The molecule has 0 aliphatic carbocycles. The van der Waals surface area contributed by atoms with Crippen molar-refractivity contribution in [2.45, 2.75) is 59.4 Å².